The summed E-state index contributed by atoms with van der Waals surface area (Å²) in [5.74, 6) is 0. The first kappa shape index (κ1) is 11.8. The molecule has 0 fully saturated rings. The molecule has 2 nitrogen and oxygen atoms in total. The van der Waals surface area contributed by atoms with Gasteiger partial charge in [0, 0.05) is 6.04 Å². The molecule has 0 bridgehead atoms. The fourth-order valence-electron chi connectivity index (χ4n) is 1.90. The molecule has 0 heterocycles. The van der Waals surface area contributed by atoms with Crippen LogP contribution in [0.25, 0.3) is 0 Å². The predicted molar refractivity (Wildman–Crippen MR) is 69.5 cm³/mol. The third-order valence-electron chi connectivity index (χ3n) is 2.86. The quantitative estimate of drug-likeness (QED) is 0.841. The summed E-state index contributed by atoms with van der Waals surface area (Å²) in [6.07, 6.45) is 0.0630. The highest BCUT2D eigenvalue weighted by molar-refractivity contribution is 5.21. The van der Waals surface area contributed by atoms with E-state index in [0.717, 1.165) is 11.1 Å². The lowest BCUT2D eigenvalue weighted by Gasteiger charge is -2.19. The van der Waals surface area contributed by atoms with Crippen molar-refractivity contribution in [1.29, 1.82) is 0 Å². The summed E-state index contributed by atoms with van der Waals surface area (Å²) in [5.41, 5.74) is 8.05. The SMILES string of the molecule is N[C@@H](Cc1ccccc1)[C@H](O)c1ccccc1. The van der Waals surface area contributed by atoms with Crippen LogP contribution in [0.15, 0.2) is 60.7 Å². The second kappa shape index (κ2) is 5.62. The molecular formula is C15H17NO. The van der Waals surface area contributed by atoms with Crippen LogP contribution in [0.3, 0.4) is 0 Å². The van der Waals surface area contributed by atoms with Crippen molar-refractivity contribution in [3.8, 4) is 0 Å². The van der Waals surface area contributed by atoms with Crippen LogP contribution in [0.4, 0.5) is 0 Å². The number of benzene rings is 2. The maximum atomic E-state index is 10.1. The zero-order chi connectivity index (χ0) is 12.1. The van der Waals surface area contributed by atoms with Gasteiger partial charge in [-0.3, -0.25) is 0 Å². The number of hydrogen-bond acceptors (Lipinski definition) is 2. The molecule has 3 N–H and O–H groups in total. The summed E-state index contributed by atoms with van der Waals surface area (Å²) in [6.45, 7) is 0. The zero-order valence-electron chi connectivity index (χ0n) is 9.66. The van der Waals surface area contributed by atoms with E-state index in [9.17, 15) is 5.11 Å². The molecule has 0 aliphatic rings. The summed E-state index contributed by atoms with van der Waals surface area (Å²) in [7, 11) is 0. The van der Waals surface area contributed by atoms with Crippen LogP contribution < -0.4 is 5.73 Å². The van der Waals surface area contributed by atoms with Gasteiger partial charge in [-0.1, -0.05) is 60.7 Å². The molecule has 0 amide bonds. The highest BCUT2D eigenvalue weighted by atomic mass is 16.3. The fourth-order valence-corrected chi connectivity index (χ4v) is 1.90. The fraction of sp³-hybridized carbons (Fsp3) is 0.200. The van der Waals surface area contributed by atoms with E-state index >= 15 is 0 Å². The number of aliphatic hydroxyl groups is 1. The molecule has 2 aromatic rings. The Morgan fingerprint density at radius 2 is 1.41 bits per heavy atom. The number of rotatable bonds is 4. The van der Waals surface area contributed by atoms with E-state index in [1.54, 1.807) is 0 Å². The summed E-state index contributed by atoms with van der Waals surface area (Å²) < 4.78 is 0. The molecule has 88 valence electrons. The molecule has 0 aromatic heterocycles. The van der Waals surface area contributed by atoms with E-state index < -0.39 is 6.10 Å². The summed E-state index contributed by atoms with van der Waals surface area (Å²) >= 11 is 0. The van der Waals surface area contributed by atoms with Gasteiger partial charge in [0.1, 0.15) is 0 Å². The van der Waals surface area contributed by atoms with Crippen LogP contribution >= 0.6 is 0 Å². The van der Waals surface area contributed by atoms with Crippen molar-refractivity contribution in [1.82, 2.24) is 0 Å². The van der Waals surface area contributed by atoms with E-state index in [1.807, 2.05) is 60.7 Å². The van der Waals surface area contributed by atoms with E-state index in [0.29, 0.717) is 6.42 Å². The van der Waals surface area contributed by atoms with Crippen molar-refractivity contribution < 1.29 is 5.11 Å². The molecule has 0 unspecified atom stereocenters. The first-order valence-corrected chi connectivity index (χ1v) is 5.80. The van der Waals surface area contributed by atoms with Gasteiger partial charge in [-0.2, -0.15) is 0 Å². The largest absolute Gasteiger partial charge is 0.387 e. The highest BCUT2D eigenvalue weighted by Crippen LogP contribution is 2.17. The Balaban J connectivity index is 2.03. The average Bonchev–Trinajstić information content (AvgIpc) is 2.40. The van der Waals surface area contributed by atoms with E-state index in [-0.39, 0.29) is 6.04 Å². The second-order valence-electron chi connectivity index (χ2n) is 4.21. The normalized spacial score (nSPS) is 14.2. The van der Waals surface area contributed by atoms with Gasteiger partial charge in [-0.05, 0) is 17.5 Å². The molecule has 0 saturated heterocycles. The minimum atomic E-state index is -0.614. The average molecular weight is 227 g/mol. The van der Waals surface area contributed by atoms with E-state index in [4.69, 9.17) is 5.73 Å². The Labute approximate surface area is 102 Å². The van der Waals surface area contributed by atoms with Crippen molar-refractivity contribution in [2.45, 2.75) is 18.6 Å². The molecule has 2 rings (SSSR count). The zero-order valence-corrected chi connectivity index (χ0v) is 9.66. The maximum absolute atomic E-state index is 10.1. The molecule has 0 saturated carbocycles. The first-order valence-electron chi connectivity index (χ1n) is 5.80. The molecule has 2 atom stereocenters. The molecule has 2 aromatic carbocycles. The summed E-state index contributed by atoms with van der Waals surface area (Å²) in [5, 5.41) is 10.1. The minimum absolute atomic E-state index is 0.278. The molecule has 17 heavy (non-hydrogen) atoms. The highest BCUT2D eigenvalue weighted by Gasteiger charge is 2.16. The lowest BCUT2D eigenvalue weighted by Crippen LogP contribution is -2.30. The molecule has 2 heteroatoms. The smallest absolute Gasteiger partial charge is 0.0944 e. The first-order chi connectivity index (χ1) is 8.27. The van der Waals surface area contributed by atoms with Crippen molar-refractivity contribution in [2.24, 2.45) is 5.73 Å². The van der Waals surface area contributed by atoms with Crippen LogP contribution in [-0.4, -0.2) is 11.1 Å². The Morgan fingerprint density at radius 1 is 0.882 bits per heavy atom. The van der Waals surface area contributed by atoms with Crippen molar-refractivity contribution in [2.75, 3.05) is 0 Å². The standard InChI is InChI=1S/C15H17NO/c16-14(11-12-7-3-1-4-8-12)15(17)13-9-5-2-6-10-13/h1-10,14-15,17H,11,16H2/t14-,15+/m0/s1. The molecule has 0 aliphatic heterocycles. The topological polar surface area (TPSA) is 46.2 Å². The third-order valence-corrected chi connectivity index (χ3v) is 2.86. The summed E-state index contributed by atoms with van der Waals surface area (Å²) in [4.78, 5) is 0. The van der Waals surface area contributed by atoms with Crippen molar-refractivity contribution in [3.63, 3.8) is 0 Å². The van der Waals surface area contributed by atoms with Gasteiger partial charge in [-0.25, -0.2) is 0 Å². The lowest BCUT2D eigenvalue weighted by atomic mass is 9.97. The monoisotopic (exact) mass is 227 g/mol. The third kappa shape index (κ3) is 3.16. The lowest BCUT2D eigenvalue weighted by molar-refractivity contribution is 0.146. The Hall–Kier alpha value is -1.64. The van der Waals surface area contributed by atoms with Gasteiger partial charge < -0.3 is 10.8 Å². The van der Waals surface area contributed by atoms with Gasteiger partial charge >= 0.3 is 0 Å². The van der Waals surface area contributed by atoms with Gasteiger partial charge in [-0.15, -0.1) is 0 Å². The second-order valence-corrected chi connectivity index (χ2v) is 4.21. The van der Waals surface area contributed by atoms with Crippen LogP contribution in [0.1, 0.15) is 17.2 Å². The van der Waals surface area contributed by atoms with Gasteiger partial charge in [0.2, 0.25) is 0 Å². The predicted octanol–water partition coefficient (Wildman–Crippen LogP) is 2.29. The number of hydrogen-bond donors (Lipinski definition) is 2. The summed E-state index contributed by atoms with van der Waals surface area (Å²) in [6, 6.07) is 19.3. The van der Waals surface area contributed by atoms with Crippen LogP contribution in [0.2, 0.25) is 0 Å². The Kier molecular flexibility index (Phi) is 3.91. The van der Waals surface area contributed by atoms with Crippen LogP contribution in [-0.2, 0) is 6.42 Å². The molecule has 0 aliphatic carbocycles. The number of aliphatic hydroxyl groups excluding tert-OH is 1. The van der Waals surface area contributed by atoms with Gasteiger partial charge in [0.25, 0.3) is 0 Å². The maximum Gasteiger partial charge on any atom is 0.0944 e. The van der Waals surface area contributed by atoms with E-state index in [1.165, 1.54) is 0 Å². The Bertz CT molecular complexity index is 441. The van der Waals surface area contributed by atoms with E-state index in [2.05, 4.69) is 0 Å². The van der Waals surface area contributed by atoms with Gasteiger partial charge in [0.05, 0.1) is 6.10 Å². The minimum Gasteiger partial charge on any atom is -0.387 e. The van der Waals surface area contributed by atoms with Crippen LogP contribution in [0, 0.1) is 0 Å². The number of nitrogens with two attached hydrogens (primary N) is 1. The van der Waals surface area contributed by atoms with Crippen molar-refractivity contribution in [3.05, 3.63) is 71.8 Å². The molecule has 0 radical (unpaired) electrons. The van der Waals surface area contributed by atoms with Crippen molar-refractivity contribution >= 4 is 0 Å². The Morgan fingerprint density at radius 3 is 2.00 bits per heavy atom. The van der Waals surface area contributed by atoms with Crippen LogP contribution in [0.5, 0.6) is 0 Å². The van der Waals surface area contributed by atoms with Gasteiger partial charge in [0.15, 0.2) is 0 Å². The molecule has 0 spiro atoms. The molecular weight excluding hydrogens is 210 g/mol.